The van der Waals surface area contributed by atoms with Crippen molar-refractivity contribution >= 4 is 23.4 Å². The van der Waals surface area contributed by atoms with Crippen molar-refractivity contribution in [2.45, 2.75) is 45.6 Å². The largest absolute Gasteiger partial charge is 0.324 e. The van der Waals surface area contributed by atoms with Crippen LogP contribution in [0.25, 0.3) is 0 Å². The molecule has 1 amide bonds. The minimum atomic E-state index is -0.0650. The number of benzene rings is 1. The van der Waals surface area contributed by atoms with E-state index in [9.17, 15) is 4.79 Å². The Labute approximate surface area is 125 Å². The zero-order chi connectivity index (χ0) is 14.7. The molecule has 1 aliphatic heterocycles. The zero-order valence-electron chi connectivity index (χ0n) is 12.7. The average Bonchev–Trinajstić information content (AvgIpc) is 2.92. The van der Waals surface area contributed by atoms with Crippen molar-refractivity contribution in [1.82, 2.24) is 5.32 Å². The number of carbonyl (C=O) groups excluding carboxylic acids is 1. The fourth-order valence-corrected chi connectivity index (χ4v) is 3.26. The molecule has 1 fully saturated rings. The highest BCUT2D eigenvalue weighted by Crippen LogP contribution is 2.28. The SMILES string of the molecule is CC(C)c1ccc(NC(=O)C2CSCN2)c(C(C)C)c1. The predicted molar refractivity (Wildman–Crippen MR) is 87.5 cm³/mol. The van der Waals surface area contributed by atoms with Crippen LogP contribution in [0.5, 0.6) is 0 Å². The summed E-state index contributed by atoms with van der Waals surface area (Å²) in [6.07, 6.45) is 0. The number of rotatable bonds is 4. The Balaban J connectivity index is 2.19. The monoisotopic (exact) mass is 292 g/mol. The topological polar surface area (TPSA) is 41.1 Å². The molecule has 1 saturated heterocycles. The van der Waals surface area contributed by atoms with E-state index in [0.29, 0.717) is 11.8 Å². The van der Waals surface area contributed by atoms with Gasteiger partial charge in [-0.3, -0.25) is 10.1 Å². The molecule has 0 saturated carbocycles. The summed E-state index contributed by atoms with van der Waals surface area (Å²) in [7, 11) is 0. The van der Waals surface area contributed by atoms with E-state index in [-0.39, 0.29) is 11.9 Å². The summed E-state index contributed by atoms with van der Waals surface area (Å²) in [6.45, 7) is 8.71. The first kappa shape index (κ1) is 15.4. The second-order valence-electron chi connectivity index (χ2n) is 5.92. The maximum absolute atomic E-state index is 12.2. The van der Waals surface area contributed by atoms with Crippen LogP contribution in [0.2, 0.25) is 0 Å². The minimum Gasteiger partial charge on any atom is -0.324 e. The second kappa shape index (κ2) is 6.64. The summed E-state index contributed by atoms with van der Waals surface area (Å²) in [5.41, 5.74) is 3.49. The number of hydrogen-bond acceptors (Lipinski definition) is 3. The van der Waals surface area contributed by atoms with E-state index in [1.165, 1.54) is 11.1 Å². The van der Waals surface area contributed by atoms with Crippen LogP contribution < -0.4 is 10.6 Å². The molecule has 1 aliphatic rings. The summed E-state index contributed by atoms with van der Waals surface area (Å²) < 4.78 is 0. The highest BCUT2D eigenvalue weighted by Gasteiger charge is 2.23. The molecule has 3 nitrogen and oxygen atoms in total. The van der Waals surface area contributed by atoms with Gasteiger partial charge in [-0.2, -0.15) is 0 Å². The number of anilines is 1. The molecular weight excluding hydrogens is 268 g/mol. The molecule has 0 aromatic heterocycles. The van der Waals surface area contributed by atoms with Crippen molar-refractivity contribution in [1.29, 1.82) is 0 Å². The van der Waals surface area contributed by atoms with Crippen LogP contribution in [-0.4, -0.2) is 23.6 Å². The van der Waals surface area contributed by atoms with E-state index in [0.717, 1.165) is 17.3 Å². The van der Waals surface area contributed by atoms with Gasteiger partial charge in [-0.25, -0.2) is 0 Å². The van der Waals surface area contributed by atoms with Gasteiger partial charge in [-0.15, -0.1) is 11.8 Å². The normalized spacial score (nSPS) is 18.8. The number of nitrogens with one attached hydrogen (secondary N) is 2. The van der Waals surface area contributed by atoms with E-state index in [4.69, 9.17) is 0 Å². The molecule has 2 N–H and O–H groups in total. The molecule has 4 heteroatoms. The number of carbonyl (C=O) groups is 1. The molecular formula is C16H24N2OS. The summed E-state index contributed by atoms with van der Waals surface area (Å²) in [6, 6.07) is 6.32. The van der Waals surface area contributed by atoms with Crippen LogP contribution in [0.3, 0.4) is 0 Å². The lowest BCUT2D eigenvalue weighted by atomic mass is 9.94. The van der Waals surface area contributed by atoms with Crippen LogP contribution in [0.1, 0.15) is 50.7 Å². The van der Waals surface area contributed by atoms with Gasteiger partial charge in [0.05, 0.1) is 6.04 Å². The Morgan fingerprint density at radius 1 is 1.30 bits per heavy atom. The molecule has 0 radical (unpaired) electrons. The molecule has 1 unspecified atom stereocenters. The minimum absolute atomic E-state index is 0.0650. The third-order valence-electron chi connectivity index (χ3n) is 3.65. The van der Waals surface area contributed by atoms with E-state index < -0.39 is 0 Å². The van der Waals surface area contributed by atoms with Crippen molar-refractivity contribution < 1.29 is 4.79 Å². The van der Waals surface area contributed by atoms with Gasteiger partial charge in [0.1, 0.15) is 0 Å². The highest BCUT2D eigenvalue weighted by atomic mass is 32.2. The third kappa shape index (κ3) is 3.55. The van der Waals surface area contributed by atoms with Crippen molar-refractivity contribution in [3.05, 3.63) is 29.3 Å². The quantitative estimate of drug-likeness (QED) is 0.892. The molecule has 1 heterocycles. The number of thioether (sulfide) groups is 1. The van der Waals surface area contributed by atoms with E-state index in [2.05, 4.69) is 50.5 Å². The lowest BCUT2D eigenvalue weighted by molar-refractivity contribution is -0.117. The van der Waals surface area contributed by atoms with Crippen LogP contribution in [0.15, 0.2) is 18.2 Å². The van der Waals surface area contributed by atoms with E-state index >= 15 is 0 Å². The van der Waals surface area contributed by atoms with Crippen molar-refractivity contribution in [2.24, 2.45) is 0 Å². The van der Waals surface area contributed by atoms with Crippen molar-refractivity contribution in [2.75, 3.05) is 16.9 Å². The van der Waals surface area contributed by atoms with Crippen LogP contribution in [-0.2, 0) is 4.79 Å². The fourth-order valence-electron chi connectivity index (χ4n) is 2.32. The lowest BCUT2D eigenvalue weighted by Gasteiger charge is -2.18. The molecule has 1 aromatic rings. The van der Waals surface area contributed by atoms with E-state index in [1.54, 1.807) is 11.8 Å². The van der Waals surface area contributed by atoms with Gasteiger partial charge in [0, 0.05) is 17.3 Å². The third-order valence-corrected chi connectivity index (χ3v) is 4.59. The molecule has 110 valence electrons. The molecule has 0 spiro atoms. The Bertz CT molecular complexity index is 479. The van der Waals surface area contributed by atoms with Gasteiger partial charge in [0.2, 0.25) is 5.91 Å². The Hall–Kier alpha value is -1.00. The fraction of sp³-hybridized carbons (Fsp3) is 0.562. The lowest BCUT2D eigenvalue weighted by Crippen LogP contribution is -2.37. The van der Waals surface area contributed by atoms with E-state index in [1.807, 2.05) is 6.07 Å². The number of amides is 1. The molecule has 0 aliphatic carbocycles. The smallest absolute Gasteiger partial charge is 0.242 e. The average molecular weight is 292 g/mol. The van der Waals surface area contributed by atoms with Gasteiger partial charge >= 0.3 is 0 Å². The molecule has 2 rings (SSSR count). The van der Waals surface area contributed by atoms with Gasteiger partial charge in [0.15, 0.2) is 0 Å². The zero-order valence-corrected chi connectivity index (χ0v) is 13.5. The second-order valence-corrected chi connectivity index (χ2v) is 6.95. The standard InChI is InChI=1S/C16H24N2OS/c1-10(2)12-5-6-14(13(7-12)11(3)4)18-16(19)15-8-20-9-17-15/h5-7,10-11,15,17H,8-9H2,1-4H3,(H,18,19). The molecule has 1 atom stereocenters. The summed E-state index contributed by atoms with van der Waals surface area (Å²) in [5.74, 6) is 2.70. The first-order valence-electron chi connectivity index (χ1n) is 7.25. The predicted octanol–water partition coefficient (Wildman–Crippen LogP) is 3.53. The molecule has 20 heavy (non-hydrogen) atoms. The Morgan fingerprint density at radius 2 is 2.05 bits per heavy atom. The van der Waals surface area contributed by atoms with Gasteiger partial charge in [0.25, 0.3) is 0 Å². The maximum atomic E-state index is 12.2. The Kier molecular flexibility index (Phi) is 5.11. The van der Waals surface area contributed by atoms with Crippen LogP contribution in [0.4, 0.5) is 5.69 Å². The van der Waals surface area contributed by atoms with Gasteiger partial charge < -0.3 is 5.32 Å². The van der Waals surface area contributed by atoms with Gasteiger partial charge in [-0.05, 0) is 29.0 Å². The van der Waals surface area contributed by atoms with Crippen LogP contribution in [0, 0.1) is 0 Å². The summed E-state index contributed by atoms with van der Waals surface area (Å²) in [4.78, 5) is 12.2. The van der Waals surface area contributed by atoms with Crippen molar-refractivity contribution in [3.63, 3.8) is 0 Å². The highest BCUT2D eigenvalue weighted by molar-refractivity contribution is 7.99. The number of hydrogen-bond donors (Lipinski definition) is 2. The first-order valence-corrected chi connectivity index (χ1v) is 8.40. The van der Waals surface area contributed by atoms with Crippen molar-refractivity contribution in [3.8, 4) is 0 Å². The maximum Gasteiger partial charge on any atom is 0.242 e. The summed E-state index contributed by atoms with van der Waals surface area (Å²) >= 11 is 1.77. The van der Waals surface area contributed by atoms with Gasteiger partial charge in [-0.1, -0.05) is 39.8 Å². The van der Waals surface area contributed by atoms with Crippen LogP contribution >= 0.6 is 11.8 Å². The first-order chi connectivity index (χ1) is 9.49. The Morgan fingerprint density at radius 3 is 2.60 bits per heavy atom. The molecule has 0 bridgehead atoms. The summed E-state index contributed by atoms with van der Waals surface area (Å²) in [5, 5.41) is 6.29. The molecule has 1 aromatic carbocycles.